The minimum atomic E-state index is 0.396. The maximum Gasteiger partial charge on any atom is 0.122 e. The van der Waals surface area contributed by atoms with Crippen molar-refractivity contribution in [1.29, 1.82) is 0 Å². The maximum absolute atomic E-state index is 6.18. The summed E-state index contributed by atoms with van der Waals surface area (Å²) in [5, 5.41) is 0. The summed E-state index contributed by atoms with van der Waals surface area (Å²) in [6, 6.07) is 0.396. The van der Waals surface area contributed by atoms with Crippen LogP contribution in [-0.4, -0.2) is 34.1 Å². The average Bonchev–Trinajstić information content (AvgIpc) is 2.68. The van der Waals surface area contributed by atoms with Gasteiger partial charge >= 0.3 is 0 Å². The lowest BCUT2D eigenvalue weighted by Gasteiger charge is -2.31. The van der Waals surface area contributed by atoms with Crippen molar-refractivity contribution in [3.8, 4) is 0 Å². The molecule has 2 N–H and O–H groups in total. The van der Waals surface area contributed by atoms with Crippen LogP contribution in [0.15, 0.2) is 12.4 Å². The van der Waals surface area contributed by atoms with Crippen molar-refractivity contribution < 1.29 is 0 Å². The van der Waals surface area contributed by atoms with Crippen molar-refractivity contribution >= 4 is 0 Å². The topological polar surface area (TPSA) is 47.1 Å². The van der Waals surface area contributed by atoms with Crippen molar-refractivity contribution in [2.24, 2.45) is 18.7 Å². The Kier molecular flexibility index (Phi) is 4.18. The fourth-order valence-electron chi connectivity index (χ4n) is 2.72. The smallest absolute Gasteiger partial charge is 0.122 e. The number of imidazole rings is 1. The van der Waals surface area contributed by atoms with E-state index in [1.807, 2.05) is 19.4 Å². The zero-order valence-corrected chi connectivity index (χ0v) is 11.0. The number of aromatic nitrogens is 2. The predicted octanol–water partition coefficient (Wildman–Crippen LogP) is 1.37. The standard InChI is InChI=1S/C13H24N4/c1-16(10-13-15-7-8-17(13)2)9-11-5-3-4-6-12(11)14/h7-8,11-12H,3-6,9-10,14H2,1-2H3. The summed E-state index contributed by atoms with van der Waals surface area (Å²) >= 11 is 0. The quantitative estimate of drug-likeness (QED) is 0.859. The van der Waals surface area contributed by atoms with Crippen molar-refractivity contribution in [2.75, 3.05) is 13.6 Å². The van der Waals surface area contributed by atoms with Crippen LogP contribution in [0.4, 0.5) is 0 Å². The van der Waals surface area contributed by atoms with E-state index in [1.54, 1.807) is 0 Å². The molecule has 4 nitrogen and oxygen atoms in total. The molecule has 0 amide bonds. The van der Waals surface area contributed by atoms with Crippen molar-refractivity contribution in [3.05, 3.63) is 18.2 Å². The van der Waals surface area contributed by atoms with Crippen LogP contribution in [0.25, 0.3) is 0 Å². The van der Waals surface area contributed by atoms with Gasteiger partial charge in [0.25, 0.3) is 0 Å². The lowest BCUT2D eigenvalue weighted by Crippen LogP contribution is -2.40. The molecule has 0 spiro atoms. The van der Waals surface area contributed by atoms with Gasteiger partial charge in [-0.25, -0.2) is 4.98 Å². The molecule has 0 aromatic carbocycles. The molecule has 1 heterocycles. The highest BCUT2D eigenvalue weighted by Gasteiger charge is 2.23. The van der Waals surface area contributed by atoms with Crippen LogP contribution < -0.4 is 5.73 Å². The first-order valence-corrected chi connectivity index (χ1v) is 6.57. The molecule has 2 atom stereocenters. The third kappa shape index (κ3) is 3.30. The fraction of sp³-hybridized carbons (Fsp3) is 0.769. The second-order valence-corrected chi connectivity index (χ2v) is 5.36. The van der Waals surface area contributed by atoms with Crippen molar-refractivity contribution in [1.82, 2.24) is 14.5 Å². The Labute approximate surface area is 104 Å². The second-order valence-electron chi connectivity index (χ2n) is 5.36. The van der Waals surface area contributed by atoms with E-state index in [0.717, 1.165) is 18.9 Å². The van der Waals surface area contributed by atoms with E-state index in [0.29, 0.717) is 12.0 Å². The average molecular weight is 236 g/mol. The van der Waals surface area contributed by atoms with Gasteiger partial charge in [-0.1, -0.05) is 12.8 Å². The van der Waals surface area contributed by atoms with E-state index in [-0.39, 0.29) is 0 Å². The van der Waals surface area contributed by atoms with Gasteiger partial charge in [0.05, 0.1) is 6.54 Å². The number of nitrogens with zero attached hydrogens (tertiary/aromatic N) is 3. The van der Waals surface area contributed by atoms with Crippen LogP contribution in [0.5, 0.6) is 0 Å². The molecule has 0 saturated heterocycles. The zero-order chi connectivity index (χ0) is 12.3. The normalized spacial score (nSPS) is 25.4. The molecule has 2 unspecified atom stereocenters. The molecule has 1 aliphatic rings. The summed E-state index contributed by atoms with van der Waals surface area (Å²) in [7, 11) is 4.21. The molecule has 1 aromatic rings. The molecule has 4 heteroatoms. The van der Waals surface area contributed by atoms with Crippen LogP contribution in [0.3, 0.4) is 0 Å². The van der Waals surface area contributed by atoms with Gasteiger partial charge in [-0.2, -0.15) is 0 Å². The van der Waals surface area contributed by atoms with Crippen molar-refractivity contribution in [3.63, 3.8) is 0 Å². The first-order chi connectivity index (χ1) is 8.16. The van der Waals surface area contributed by atoms with Gasteiger partial charge in [0.15, 0.2) is 0 Å². The van der Waals surface area contributed by atoms with Gasteiger partial charge in [0.1, 0.15) is 5.82 Å². The third-order valence-electron chi connectivity index (χ3n) is 3.85. The van der Waals surface area contributed by atoms with E-state index in [1.165, 1.54) is 25.7 Å². The third-order valence-corrected chi connectivity index (χ3v) is 3.85. The SMILES string of the molecule is CN(Cc1nccn1C)CC1CCCCC1N. The molecule has 0 aliphatic heterocycles. The predicted molar refractivity (Wildman–Crippen MR) is 69.5 cm³/mol. The molecular formula is C13H24N4. The number of nitrogens with two attached hydrogens (primary N) is 1. The molecule has 2 rings (SSSR count). The van der Waals surface area contributed by atoms with Crippen LogP contribution >= 0.6 is 0 Å². The van der Waals surface area contributed by atoms with Crippen LogP contribution in [0.2, 0.25) is 0 Å². The zero-order valence-electron chi connectivity index (χ0n) is 11.0. The first-order valence-electron chi connectivity index (χ1n) is 6.57. The Morgan fingerprint density at radius 1 is 1.47 bits per heavy atom. The fourth-order valence-corrected chi connectivity index (χ4v) is 2.72. The van der Waals surface area contributed by atoms with E-state index < -0.39 is 0 Å². The van der Waals surface area contributed by atoms with Gasteiger partial charge < -0.3 is 10.3 Å². The van der Waals surface area contributed by atoms with Crippen molar-refractivity contribution in [2.45, 2.75) is 38.3 Å². The summed E-state index contributed by atoms with van der Waals surface area (Å²) in [5.41, 5.74) is 6.18. The lowest BCUT2D eigenvalue weighted by atomic mass is 9.85. The van der Waals surface area contributed by atoms with E-state index in [2.05, 4.69) is 21.5 Å². The molecule has 0 bridgehead atoms. The Hall–Kier alpha value is -0.870. The molecule has 1 saturated carbocycles. The number of rotatable bonds is 4. The second kappa shape index (κ2) is 5.65. The van der Waals surface area contributed by atoms with Gasteiger partial charge in [-0.15, -0.1) is 0 Å². The first kappa shape index (κ1) is 12.6. The van der Waals surface area contributed by atoms with E-state index >= 15 is 0 Å². The summed E-state index contributed by atoms with van der Waals surface area (Å²) in [6.07, 6.45) is 8.98. The highest BCUT2D eigenvalue weighted by Crippen LogP contribution is 2.23. The molecular weight excluding hydrogens is 212 g/mol. The Morgan fingerprint density at radius 3 is 2.88 bits per heavy atom. The summed E-state index contributed by atoms with van der Waals surface area (Å²) < 4.78 is 2.08. The van der Waals surface area contributed by atoms with E-state index in [9.17, 15) is 0 Å². The van der Waals surface area contributed by atoms with Crippen LogP contribution in [-0.2, 0) is 13.6 Å². The highest BCUT2D eigenvalue weighted by atomic mass is 15.2. The molecule has 1 aromatic heterocycles. The minimum Gasteiger partial charge on any atom is -0.337 e. The van der Waals surface area contributed by atoms with Crippen LogP contribution in [0.1, 0.15) is 31.5 Å². The highest BCUT2D eigenvalue weighted by molar-refractivity contribution is 4.91. The Bertz CT molecular complexity index is 347. The monoisotopic (exact) mass is 236 g/mol. The minimum absolute atomic E-state index is 0.396. The molecule has 1 fully saturated rings. The molecule has 0 radical (unpaired) electrons. The Morgan fingerprint density at radius 2 is 2.24 bits per heavy atom. The number of aryl methyl sites for hydroxylation is 1. The number of hydrogen-bond acceptors (Lipinski definition) is 3. The molecule has 1 aliphatic carbocycles. The summed E-state index contributed by atoms with van der Waals surface area (Å²) in [6.45, 7) is 2.00. The largest absolute Gasteiger partial charge is 0.337 e. The van der Waals surface area contributed by atoms with Gasteiger partial charge in [-0.3, -0.25) is 4.90 Å². The molecule has 17 heavy (non-hydrogen) atoms. The van der Waals surface area contributed by atoms with Gasteiger partial charge in [-0.05, 0) is 25.8 Å². The molecule has 96 valence electrons. The Balaban J connectivity index is 1.84. The lowest BCUT2D eigenvalue weighted by molar-refractivity contribution is 0.202. The maximum atomic E-state index is 6.18. The van der Waals surface area contributed by atoms with Gasteiger partial charge in [0.2, 0.25) is 0 Å². The summed E-state index contributed by atoms with van der Waals surface area (Å²) in [5.74, 6) is 1.78. The summed E-state index contributed by atoms with van der Waals surface area (Å²) in [4.78, 5) is 6.70. The number of hydrogen-bond donors (Lipinski definition) is 1. The van der Waals surface area contributed by atoms with E-state index in [4.69, 9.17) is 5.73 Å². The van der Waals surface area contributed by atoms with Gasteiger partial charge in [0, 0.05) is 32.0 Å². The van der Waals surface area contributed by atoms with Crippen LogP contribution in [0, 0.1) is 5.92 Å².